The van der Waals surface area contributed by atoms with E-state index in [1.807, 2.05) is 12.1 Å². The first-order valence-corrected chi connectivity index (χ1v) is 5.49. The van der Waals surface area contributed by atoms with Gasteiger partial charge in [0.05, 0.1) is 5.70 Å². The summed E-state index contributed by atoms with van der Waals surface area (Å²) in [5.74, 6) is -0.306. The molecular formula is C14H13FN4. The van der Waals surface area contributed by atoms with Gasteiger partial charge in [-0.3, -0.25) is 0 Å². The van der Waals surface area contributed by atoms with Crippen molar-refractivity contribution in [1.29, 1.82) is 10.5 Å². The van der Waals surface area contributed by atoms with Crippen LogP contribution in [0.1, 0.15) is 0 Å². The molecule has 1 aromatic rings. The van der Waals surface area contributed by atoms with Crippen molar-refractivity contribution in [2.75, 3.05) is 19.4 Å². The Balaban J connectivity index is 2.85. The van der Waals surface area contributed by atoms with Gasteiger partial charge in [-0.15, -0.1) is 0 Å². The lowest BCUT2D eigenvalue weighted by Crippen LogP contribution is -2.11. The molecule has 0 spiro atoms. The average Bonchev–Trinajstić information content (AvgIpc) is 2.40. The zero-order chi connectivity index (χ0) is 14.3. The van der Waals surface area contributed by atoms with E-state index in [9.17, 15) is 4.39 Å². The Morgan fingerprint density at radius 2 is 1.79 bits per heavy atom. The van der Waals surface area contributed by atoms with Gasteiger partial charge < -0.3 is 10.2 Å². The highest BCUT2D eigenvalue weighted by Gasteiger charge is 2.04. The highest BCUT2D eigenvalue weighted by Crippen LogP contribution is 2.10. The number of nitrogens with zero attached hydrogens (tertiary/aromatic N) is 3. The lowest BCUT2D eigenvalue weighted by molar-refractivity contribution is 0.527. The SMILES string of the molecule is CN(C)C(C=CNc1ccc(F)cc1)=C(C#N)C#N. The lowest BCUT2D eigenvalue weighted by atomic mass is 10.2. The second-order valence-corrected chi connectivity index (χ2v) is 3.86. The molecule has 0 amide bonds. The topological polar surface area (TPSA) is 62.9 Å². The van der Waals surface area contributed by atoms with Crippen LogP contribution in [0.4, 0.5) is 10.1 Å². The fraction of sp³-hybridized carbons (Fsp3) is 0.143. The number of nitriles is 2. The van der Waals surface area contributed by atoms with E-state index >= 15 is 0 Å². The molecule has 5 heteroatoms. The maximum Gasteiger partial charge on any atom is 0.152 e. The van der Waals surface area contributed by atoms with Crippen LogP contribution in [-0.4, -0.2) is 19.0 Å². The van der Waals surface area contributed by atoms with E-state index in [-0.39, 0.29) is 11.4 Å². The number of halogens is 1. The normalized spacial score (nSPS) is 9.53. The van der Waals surface area contributed by atoms with E-state index in [1.54, 1.807) is 43.4 Å². The van der Waals surface area contributed by atoms with Crippen LogP contribution in [0.3, 0.4) is 0 Å². The van der Waals surface area contributed by atoms with Crippen LogP contribution in [0.5, 0.6) is 0 Å². The van der Waals surface area contributed by atoms with Crippen molar-refractivity contribution in [3.05, 3.63) is 53.6 Å². The van der Waals surface area contributed by atoms with Gasteiger partial charge in [0, 0.05) is 26.0 Å². The summed E-state index contributed by atoms with van der Waals surface area (Å²) in [5, 5.41) is 20.6. The molecule has 4 nitrogen and oxygen atoms in total. The Kier molecular flexibility index (Phi) is 5.13. The summed E-state index contributed by atoms with van der Waals surface area (Å²) in [5.41, 5.74) is 1.24. The zero-order valence-corrected chi connectivity index (χ0v) is 10.7. The van der Waals surface area contributed by atoms with Crippen molar-refractivity contribution in [1.82, 2.24) is 4.90 Å². The number of rotatable bonds is 4. The Hall–Kier alpha value is -2.79. The summed E-state index contributed by atoms with van der Waals surface area (Å²) in [6.45, 7) is 0. The first-order chi connectivity index (χ1) is 9.08. The second kappa shape index (κ2) is 6.83. The average molecular weight is 256 g/mol. The smallest absolute Gasteiger partial charge is 0.152 e. The molecule has 19 heavy (non-hydrogen) atoms. The Bertz CT molecular complexity index is 555. The third-order valence-electron chi connectivity index (χ3n) is 2.30. The van der Waals surface area contributed by atoms with Gasteiger partial charge in [0.1, 0.15) is 18.0 Å². The molecule has 0 aliphatic heterocycles. The van der Waals surface area contributed by atoms with Crippen molar-refractivity contribution < 1.29 is 4.39 Å². The number of benzene rings is 1. The number of likely N-dealkylation sites (N-methyl/N-ethyl adjacent to an activating group) is 1. The summed E-state index contributed by atoms with van der Waals surface area (Å²) in [6.07, 6.45) is 3.21. The van der Waals surface area contributed by atoms with E-state index in [4.69, 9.17) is 10.5 Å². The minimum atomic E-state index is -0.306. The van der Waals surface area contributed by atoms with Gasteiger partial charge in [0.2, 0.25) is 0 Å². The molecule has 0 radical (unpaired) electrons. The molecule has 0 unspecified atom stereocenters. The van der Waals surface area contributed by atoms with Gasteiger partial charge in [-0.2, -0.15) is 10.5 Å². The summed E-state index contributed by atoms with van der Waals surface area (Å²) < 4.78 is 12.7. The van der Waals surface area contributed by atoms with E-state index in [0.717, 1.165) is 0 Å². The standard InChI is InChI=1S/C14H13FN4/c1-19(2)14(11(9-16)10-17)7-8-18-13-5-3-12(15)4-6-13/h3-8,18H,1-2H3. The molecule has 0 aliphatic rings. The molecule has 0 fully saturated rings. The summed E-state index contributed by atoms with van der Waals surface area (Å²) in [6, 6.07) is 9.54. The van der Waals surface area contributed by atoms with E-state index < -0.39 is 0 Å². The van der Waals surface area contributed by atoms with Crippen LogP contribution in [0.15, 0.2) is 47.8 Å². The molecule has 0 heterocycles. The lowest BCUT2D eigenvalue weighted by Gasteiger charge is -2.13. The molecule has 1 rings (SSSR count). The highest BCUT2D eigenvalue weighted by molar-refractivity contribution is 5.48. The number of anilines is 1. The fourth-order valence-electron chi connectivity index (χ4n) is 1.36. The van der Waals surface area contributed by atoms with Gasteiger partial charge >= 0.3 is 0 Å². The van der Waals surface area contributed by atoms with Crippen LogP contribution >= 0.6 is 0 Å². The molecular weight excluding hydrogens is 243 g/mol. The molecule has 0 bridgehead atoms. The Labute approximate surface area is 111 Å². The van der Waals surface area contributed by atoms with Crippen LogP contribution in [0, 0.1) is 28.5 Å². The predicted octanol–water partition coefficient (Wildman–Crippen LogP) is 2.61. The molecule has 0 aliphatic carbocycles. The summed E-state index contributed by atoms with van der Waals surface area (Å²) >= 11 is 0. The van der Waals surface area contributed by atoms with E-state index in [2.05, 4.69) is 5.32 Å². The maximum absolute atomic E-state index is 12.7. The monoisotopic (exact) mass is 256 g/mol. The molecule has 0 saturated carbocycles. The number of allylic oxidation sites excluding steroid dienone is 2. The molecule has 1 aromatic carbocycles. The highest BCUT2D eigenvalue weighted by atomic mass is 19.1. The van der Waals surface area contributed by atoms with Crippen LogP contribution in [0.2, 0.25) is 0 Å². The quantitative estimate of drug-likeness (QED) is 0.664. The van der Waals surface area contributed by atoms with Gasteiger partial charge in [0.15, 0.2) is 5.57 Å². The first-order valence-electron chi connectivity index (χ1n) is 5.49. The summed E-state index contributed by atoms with van der Waals surface area (Å²) in [7, 11) is 3.48. The molecule has 0 saturated heterocycles. The van der Waals surface area contributed by atoms with Crippen molar-refractivity contribution in [2.24, 2.45) is 0 Å². The Morgan fingerprint density at radius 1 is 1.21 bits per heavy atom. The van der Waals surface area contributed by atoms with Crippen molar-refractivity contribution >= 4 is 5.69 Å². The maximum atomic E-state index is 12.7. The zero-order valence-electron chi connectivity index (χ0n) is 10.7. The Morgan fingerprint density at radius 3 is 2.26 bits per heavy atom. The molecule has 96 valence electrons. The summed E-state index contributed by atoms with van der Waals surface area (Å²) in [4.78, 5) is 1.67. The van der Waals surface area contributed by atoms with Gasteiger partial charge in [-0.25, -0.2) is 4.39 Å². The van der Waals surface area contributed by atoms with Crippen molar-refractivity contribution in [3.63, 3.8) is 0 Å². The van der Waals surface area contributed by atoms with Crippen molar-refractivity contribution in [3.8, 4) is 12.1 Å². The van der Waals surface area contributed by atoms with Crippen LogP contribution in [0.25, 0.3) is 0 Å². The third-order valence-corrected chi connectivity index (χ3v) is 2.30. The predicted molar refractivity (Wildman–Crippen MR) is 71.1 cm³/mol. The minimum Gasteiger partial charge on any atom is -0.376 e. The second-order valence-electron chi connectivity index (χ2n) is 3.86. The van der Waals surface area contributed by atoms with Crippen molar-refractivity contribution in [2.45, 2.75) is 0 Å². The fourth-order valence-corrected chi connectivity index (χ4v) is 1.36. The van der Waals surface area contributed by atoms with Crippen LogP contribution < -0.4 is 5.32 Å². The van der Waals surface area contributed by atoms with E-state index in [1.165, 1.54) is 12.1 Å². The number of hydrogen-bond acceptors (Lipinski definition) is 4. The van der Waals surface area contributed by atoms with E-state index in [0.29, 0.717) is 11.4 Å². The molecule has 0 atom stereocenters. The largest absolute Gasteiger partial charge is 0.376 e. The van der Waals surface area contributed by atoms with Crippen LogP contribution in [-0.2, 0) is 0 Å². The number of hydrogen-bond donors (Lipinski definition) is 1. The third kappa shape index (κ3) is 4.18. The number of nitrogens with one attached hydrogen (secondary N) is 1. The first kappa shape index (κ1) is 14.3. The molecule has 1 N–H and O–H groups in total. The van der Waals surface area contributed by atoms with Gasteiger partial charge in [-0.05, 0) is 30.3 Å². The molecule has 0 aromatic heterocycles. The minimum absolute atomic E-state index is 0.0298. The van der Waals surface area contributed by atoms with Gasteiger partial charge in [0.25, 0.3) is 0 Å². The van der Waals surface area contributed by atoms with Gasteiger partial charge in [-0.1, -0.05) is 0 Å².